The number of hydrogen-bond donors (Lipinski definition) is 0. The molecule has 3 heterocycles. The third-order valence-electron chi connectivity index (χ3n) is 4.66. The van der Waals surface area contributed by atoms with Gasteiger partial charge in [0.05, 0.1) is 5.41 Å². The van der Waals surface area contributed by atoms with Gasteiger partial charge in [0.2, 0.25) is 5.91 Å². The van der Waals surface area contributed by atoms with Crippen molar-refractivity contribution in [3.63, 3.8) is 0 Å². The maximum atomic E-state index is 12.4. The second-order valence-corrected chi connectivity index (χ2v) is 5.79. The van der Waals surface area contributed by atoms with E-state index in [0.29, 0.717) is 18.7 Å². The zero-order valence-corrected chi connectivity index (χ0v) is 11.7. The number of amides is 2. The van der Waals surface area contributed by atoms with E-state index in [2.05, 4.69) is 4.98 Å². The van der Waals surface area contributed by atoms with Crippen LogP contribution >= 0.6 is 0 Å². The summed E-state index contributed by atoms with van der Waals surface area (Å²) >= 11 is 0. The van der Waals surface area contributed by atoms with Crippen LogP contribution in [-0.2, 0) is 4.79 Å². The van der Waals surface area contributed by atoms with E-state index in [0.717, 1.165) is 25.8 Å². The molecule has 0 aliphatic carbocycles. The van der Waals surface area contributed by atoms with Gasteiger partial charge in [-0.15, -0.1) is 0 Å². The minimum absolute atomic E-state index is 0.0426. The first kappa shape index (κ1) is 13.1. The van der Waals surface area contributed by atoms with Gasteiger partial charge >= 0.3 is 0 Å². The fourth-order valence-corrected chi connectivity index (χ4v) is 3.27. The average Bonchev–Trinajstić information content (AvgIpc) is 2.77. The second kappa shape index (κ2) is 4.89. The highest BCUT2D eigenvalue weighted by atomic mass is 16.2. The van der Waals surface area contributed by atoms with Gasteiger partial charge in [-0.3, -0.25) is 14.6 Å². The molecule has 2 amide bonds. The number of piperidine rings is 1. The Balaban J connectivity index is 1.67. The van der Waals surface area contributed by atoms with Gasteiger partial charge < -0.3 is 9.80 Å². The van der Waals surface area contributed by atoms with Crippen molar-refractivity contribution >= 4 is 11.8 Å². The Morgan fingerprint density at radius 2 is 1.75 bits per heavy atom. The minimum Gasteiger partial charge on any atom is -0.345 e. The molecule has 106 valence electrons. The lowest BCUT2D eigenvalue weighted by Gasteiger charge is -2.37. The normalized spacial score (nSPS) is 21.6. The molecular weight excluding hydrogens is 254 g/mol. The van der Waals surface area contributed by atoms with Gasteiger partial charge in [0, 0.05) is 44.6 Å². The van der Waals surface area contributed by atoms with Gasteiger partial charge in [0.25, 0.3) is 5.91 Å². The van der Waals surface area contributed by atoms with E-state index in [4.69, 9.17) is 0 Å². The van der Waals surface area contributed by atoms with Crippen LogP contribution in [0.5, 0.6) is 0 Å². The number of rotatable bonds is 1. The largest absolute Gasteiger partial charge is 0.345 e. The molecule has 1 spiro atoms. The summed E-state index contributed by atoms with van der Waals surface area (Å²) in [6, 6.07) is 3.47. The molecule has 0 atom stereocenters. The molecule has 2 aliphatic heterocycles. The lowest BCUT2D eigenvalue weighted by atomic mass is 9.77. The van der Waals surface area contributed by atoms with Crippen LogP contribution in [0.25, 0.3) is 0 Å². The summed E-state index contributed by atoms with van der Waals surface area (Å²) in [7, 11) is 1.87. The number of hydrogen-bond acceptors (Lipinski definition) is 3. The molecule has 0 unspecified atom stereocenters. The topological polar surface area (TPSA) is 53.5 Å². The molecule has 2 aliphatic rings. The SMILES string of the molecule is CN1CCC2(CCN(C(=O)c3ccncc3)CC2)C1=O. The minimum atomic E-state index is -0.205. The summed E-state index contributed by atoms with van der Waals surface area (Å²) in [5, 5.41) is 0. The molecule has 0 N–H and O–H groups in total. The Bertz CT molecular complexity index is 521. The van der Waals surface area contributed by atoms with Crippen molar-refractivity contribution in [1.29, 1.82) is 0 Å². The summed E-state index contributed by atoms with van der Waals surface area (Å²) in [6.45, 7) is 2.18. The zero-order chi connectivity index (χ0) is 14.2. The molecule has 5 nitrogen and oxygen atoms in total. The molecule has 2 saturated heterocycles. The van der Waals surface area contributed by atoms with E-state index >= 15 is 0 Å². The van der Waals surface area contributed by atoms with Crippen LogP contribution in [0.2, 0.25) is 0 Å². The maximum absolute atomic E-state index is 12.4. The van der Waals surface area contributed by atoms with Crippen molar-refractivity contribution in [3.8, 4) is 0 Å². The average molecular weight is 273 g/mol. The number of aromatic nitrogens is 1. The van der Waals surface area contributed by atoms with Crippen molar-refractivity contribution in [2.24, 2.45) is 5.41 Å². The van der Waals surface area contributed by atoms with Crippen molar-refractivity contribution in [2.45, 2.75) is 19.3 Å². The predicted octanol–water partition coefficient (Wildman–Crippen LogP) is 1.17. The summed E-state index contributed by atoms with van der Waals surface area (Å²) in [5.74, 6) is 0.301. The Kier molecular flexibility index (Phi) is 3.20. The van der Waals surface area contributed by atoms with E-state index < -0.39 is 0 Å². The summed E-state index contributed by atoms with van der Waals surface area (Å²) in [5.41, 5.74) is 0.467. The van der Waals surface area contributed by atoms with Crippen LogP contribution in [0.1, 0.15) is 29.6 Å². The van der Waals surface area contributed by atoms with Crippen LogP contribution in [-0.4, -0.2) is 53.3 Å². The Morgan fingerprint density at radius 1 is 1.15 bits per heavy atom. The summed E-state index contributed by atoms with van der Waals surface area (Å²) in [6.07, 6.45) is 5.77. The first-order valence-corrected chi connectivity index (χ1v) is 7.07. The summed E-state index contributed by atoms with van der Waals surface area (Å²) < 4.78 is 0. The number of likely N-dealkylation sites (tertiary alicyclic amines) is 2. The van der Waals surface area contributed by atoms with Crippen molar-refractivity contribution < 1.29 is 9.59 Å². The van der Waals surface area contributed by atoms with Crippen LogP contribution in [0.3, 0.4) is 0 Å². The van der Waals surface area contributed by atoms with Gasteiger partial charge in [-0.05, 0) is 31.4 Å². The number of carbonyl (C=O) groups is 2. The first-order chi connectivity index (χ1) is 9.62. The van der Waals surface area contributed by atoms with E-state index in [1.54, 1.807) is 24.5 Å². The van der Waals surface area contributed by atoms with Gasteiger partial charge in [-0.2, -0.15) is 0 Å². The van der Waals surface area contributed by atoms with Gasteiger partial charge in [0.15, 0.2) is 0 Å². The van der Waals surface area contributed by atoms with Gasteiger partial charge in [0.1, 0.15) is 0 Å². The van der Waals surface area contributed by atoms with Gasteiger partial charge in [-0.1, -0.05) is 0 Å². The van der Waals surface area contributed by atoms with E-state index in [9.17, 15) is 9.59 Å². The molecular formula is C15H19N3O2. The highest BCUT2D eigenvalue weighted by Gasteiger charge is 2.47. The van der Waals surface area contributed by atoms with E-state index in [1.165, 1.54) is 0 Å². The van der Waals surface area contributed by atoms with E-state index in [-0.39, 0.29) is 17.2 Å². The van der Waals surface area contributed by atoms with Crippen LogP contribution in [0, 0.1) is 5.41 Å². The lowest BCUT2D eigenvalue weighted by molar-refractivity contribution is -0.137. The molecule has 0 saturated carbocycles. The molecule has 0 radical (unpaired) electrons. The molecule has 0 bridgehead atoms. The van der Waals surface area contributed by atoms with Crippen LogP contribution < -0.4 is 0 Å². The highest BCUT2D eigenvalue weighted by Crippen LogP contribution is 2.41. The fourth-order valence-electron chi connectivity index (χ4n) is 3.27. The van der Waals surface area contributed by atoms with Crippen molar-refractivity contribution in [1.82, 2.24) is 14.8 Å². The molecule has 5 heteroatoms. The second-order valence-electron chi connectivity index (χ2n) is 5.79. The lowest BCUT2D eigenvalue weighted by Crippen LogP contribution is -2.46. The third-order valence-corrected chi connectivity index (χ3v) is 4.66. The van der Waals surface area contributed by atoms with Crippen LogP contribution in [0.15, 0.2) is 24.5 Å². The smallest absolute Gasteiger partial charge is 0.253 e. The summed E-state index contributed by atoms with van der Waals surface area (Å²) in [4.78, 5) is 32.2. The molecule has 0 aromatic carbocycles. The molecule has 20 heavy (non-hydrogen) atoms. The number of nitrogens with zero attached hydrogens (tertiary/aromatic N) is 3. The quantitative estimate of drug-likeness (QED) is 0.771. The molecule has 1 aromatic rings. The Labute approximate surface area is 118 Å². The monoisotopic (exact) mass is 273 g/mol. The maximum Gasteiger partial charge on any atom is 0.253 e. The molecule has 3 rings (SSSR count). The molecule has 1 aromatic heterocycles. The molecule has 2 fully saturated rings. The highest BCUT2D eigenvalue weighted by molar-refractivity contribution is 5.94. The fraction of sp³-hybridized carbons (Fsp3) is 0.533. The zero-order valence-electron chi connectivity index (χ0n) is 11.7. The standard InChI is InChI=1S/C15H19N3O2/c1-17-9-4-15(14(17)20)5-10-18(11-6-15)13(19)12-2-7-16-8-3-12/h2-3,7-8H,4-6,9-11H2,1H3. The third kappa shape index (κ3) is 2.07. The first-order valence-electron chi connectivity index (χ1n) is 7.07. The van der Waals surface area contributed by atoms with Gasteiger partial charge in [-0.25, -0.2) is 0 Å². The van der Waals surface area contributed by atoms with Crippen molar-refractivity contribution in [2.75, 3.05) is 26.7 Å². The van der Waals surface area contributed by atoms with E-state index in [1.807, 2.05) is 16.8 Å². The Morgan fingerprint density at radius 3 is 2.30 bits per heavy atom. The van der Waals surface area contributed by atoms with Crippen molar-refractivity contribution in [3.05, 3.63) is 30.1 Å². The van der Waals surface area contributed by atoms with Crippen LogP contribution in [0.4, 0.5) is 0 Å². The Hall–Kier alpha value is -1.91. The predicted molar refractivity (Wildman–Crippen MR) is 74.1 cm³/mol. The number of pyridine rings is 1. The number of carbonyl (C=O) groups excluding carboxylic acids is 2.